The predicted octanol–water partition coefficient (Wildman–Crippen LogP) is 1.84. The molecule has 2 aliphatic carbocycles. The predicted molar refractivity (Wildman–Crippen MR) is 75.3 cm³/mol. The quantitative estimate of drug-likeness (QED) is 0.760. The van der Waals surface area contributed by atoms with E-state index >= 15 is 0 Å². The summed E-state index contributed by atoms with van der Waals surface area (Å²) in [5.41, 5.74) is 4.88. The van der Waals surface area contributed by atoms with Crippen molar-refractivity contribution in [3.05, 3.63) is 0 Å². The van der Waals surface area contributed by atoms with E-state index < -0.39 is 5.60 Å². The van der Waals surface area contributed by atoms with E-state index in [1.807, 2.05) is 6.92 Å². The summed E-state index contributed by atoms with van der Waals surface area (Å²) in [5.74, 6) is 2.91. The second-order valence-electron chi connectivity index (χ2n) is 7.13. The Hall–Kier alpha value is -0.120. The highest BCUT2D eigenvalue weighted by Gasteiger charge is 2.40. The number of hydrogen-bond donors (Lipinski definition) is 2. The van der Waals surface area contributed by atoms with Gasteiger partial charge in [-0.1, -0.05) is 6.42 Å². The highest BCUT2D eigenvalue weighted by Crippen LogP contribution is 2.48. The van der Waals surface area contributed by atoms with Gasteiger partial charge in [0.2, 0.25) is 0 Å². The Morgan fingerprint density at radius 3 is 2.61 bits per heavy atom. The summed E-state index contributed by atoms with van der Waals surface area (Å²) in [5, 5.41) is 10.1. The monoisotopic (exact) mass is 254 g/mol. The van der Waals surface area contributed by atoms with Crippen LogP contribution in [0.25, 0.3) is 0 Å². The molecule has 0 saturated heterocycles. The largest absolute Gasteiger partial charge is 0.389 e. The molecule has 106 valence electrons. The van der Waals surface area contributed by atoms with E-state index in [1.54, 1.807) is 0 Å². The Balaban J connectivity index is 1.79. The molecule has 2 aliphatic rings. The molecule has 0 aliphatic heterocycles. The van der Waals surface area contributed by atoms with Crippen molar-refractivity contribution in [2.75, 3.05) is 20.1 Å². The Morgan fingerprint density at radius 2 is 2.11 bits per heavy atom. The van der Waals surface area contributed by atoms with Crippen LogP contribution in [-0.2, 0) is 0 Å². The fourth-order valence-electron chi connectivity index (χ4n) is 4.03. The van der Waals surface area contributed by atoms with Crippen molar-refractivity contribution in [3.63, 3.8) is 0 Å². The van der Waals surface area contributed by atoms with Crippen molar-refractivity contribution in [3.8, 4) is 0 Å². The van der Waals surface area contributed by atoms with Crippen LogP contribution in [0, 0.1) is 17.8 Å². The zero-order chi connectivity index (χ0) is 13.3. The second kappa shape index (κ2) is 5.48. The van der Waals surface area contributed by atoms with Crippen molar-refractivity contribution < 1.29 is 5.11 Å². The Labute approximate surface area is 112 Å². The van der Waals surface area contributed by atoms with Crippen molar-refractivity contribution >= 4 is 0 Å². The summed E-state index contributed by atoms with van der Waals surface area (Å²) in [6.07, 6.45) is 6.61. The highest BCUT2D eigenvalue weighted by atomic mass is 16.3. The van der Waals surface area contributed by atoms with Gasteiger partial charge in [0, 0.05) is 19.1 Å². The van der Waals surface area contributed by atoms with E-state index in [0.29, 0.717) is 12.6 Å². The number of rotatable bonds is 6. The molecular formula is C15H30N2O. The van der Waals surface area contributed by atoms with Gasteiger partial charge in [-0.2, -0.15) is 0 Å². The molecule has 5 atom stereocenters. The average Bonchev–Trinajstić information content (AvgIpc) is 2.90. The number of aliphatic hydroxyl groups is 1. The first-order valence-electron chi connectivity index (χ1n) is 7.54. The molecule has 0 aromatic carbocycles. The van der Waals surface area contributed by atoms with Crippen molar-refractivity contribution in [1.29, 1.82) is 0 Å². The van der Waals surface area contributed by atoms with Crippen molar-refractivity contribution in [1.82, 2.24) is 4.90 Å². The zero-order valence-corrected chi connectivity index (χ0v) is 12.2. The maximum atomic E-state index is 10.1. The average molecular weight is 254 g/mol. The molecule has 5 unspecified atom stereocenters. The Kier molecular flexibility index (Phi) is 4.35. The fraction of sp³-hybridized carbons (Fsp3) is 1.00. The first-order valence-corrected chi connectivity index (χ1v) is 7.54. The van der Waals surface area contributed by atoms with Crippen LogP contribution in [0.4, 0.5) is 0 Å². The van der Waals surface area contributed by atoms with Gasteiger partial charge in [-0.15, -0.1) is 0 Å². The minimum atomic E-state index is -0.720. The van der Waals surface area contributed by atoms with Gasteiger partial charge in [0.05, 0.1) is 5.60 Å². The topological polar surface area (TPSA) is 49.5 Å². The van der Waals surface area contributed by atoms with Crippen molar-refractivity contribution in [2.24, 2.45) is 23.5 Å². The molecule has 3 heteroatoms. The molecule has 18 heavy (non-hydrogen) atoms. The maximum absolute atomic E-state index is 10.1. The summed E-state index contributed by atoms with van der Waals surface area (Å²) >= 11 is 0. The van der Waals surface area contributed by atoms with Gasteiger partial charge in [0.25, 0.3) is 0 Å². The molecule has 3 nitrogen and oxygen atoms in total. The minimum absolute atomic E-state index is 0.347. The fourth-order valence-corrected chi connectivity index (χ4v) is 4.03. The molecule has 0 aromatic heterocycles. The molecule has 0 radical (unpaired) electrons. The highest BCUT2D eigenvalue weighted by molar-refractivity contribution is 4.91. The van der Waals surface area contributed by atoms with Gasteiger partial charge in [0.1, 0.15) is 0 Å². The van der Waals surface area contributed by atoms with E-state index in [2.05, 4.69) is 18.9 Å². The molecule has 2 saturated carbocycles. The molecule has 2 bridgehead atoms. The van der Waals surface area contributed by atoms with E-state index in [1.165, 1.54) is 32.2 Å². The Bertz CT molecular complexity index is 280. The normalized spacial score (nSPS) is 36.0. The lowest BCUT2D eigenvalue weighted by Gasteiger charge is -2.34. The Morgan fingerprint density at radius 1 is 1.39 bits per heavy atom. The molecule has 2 fully saturated rings. The van der Waals surface area contributed by atoms with Crippen LogP contribution in [0.15, 0.2) is 0 Å². The third-order valence-corrected chi connectivity index (χ3v) is 5.33. The summed E-state index contributed by atoms with van der Waals surface area (Å²) in [7, 11) is 2.20. The van der Waals surface area contributed by atoms with E-state index in [9.17, 15) is 5.11 Å². The van der Waals surface area contributed by atoms with Crippen LogP contribution in [0.3, 0.4) is 0 Å². The number of fused-ring (bicyclic) bond motifs is 2. The molecule has 0 amide bonds. The first-order chi connectivity index (χ1) is 8.41. The van der Waals surface area contributed by atoms with Gasteiger partial charge in [0.15, 0.2) is 0 Å². The first kappa shape index (κ1) is 14.3. The number of nitrogens with zero attached hydrogens (tertiary/aromatic N) is 1. The maximum Gasteiger partial charge on any atom is 0.0756 e. The van der Waals surface area contributed by atoms with Gasteiger partial charge in [-0.05, 0) is 64.3 Å². The van der Waals surface area contributed by atoms with Crippen LogP contribution in [0.1, 0.15) is 46.0 Å². The molecule has 0 heterocycles. The van der Waals surface area contributed by atoms with Gasteiger partial charge in [-0.3, -0.25) is 0 Å². The summed E-state index contributed by atoms with van der Waals surface area (Å²) in [6, 6.07) is 0.405. The summed E-state index contributed by atoms with van der Waals surface area (Å²) < 4.78 is 0. The van der Waals surface area contributed by atoms with Crippen LogP contribution < -0.4 is 5.73 Å². The third kappa shape index (κ3) is 3.25. The standard InChI is InChI=1S/C15H30N2O/c1-11(8-15(2,18)10-16)17(3)9-14-7-12-4-5-13(14)6-12/h11-14,18H,4-10,16H2,1-3H3. The van der Waals surface area contributed by atoms with Gasteiger partial charge in [-0.25, -0.2) is 0 Å². The minimum Gasteiger partial charge on any atom is -0.389 e. The van der Waals surface area contributed by atoms with E-state index in [-0.39, 0.29) is 0 Å². The summed E-state index contributed by atoms with van der Waals surface area (Å²) in [4.78, 5) is 2.43. The van der Waals surface area contributed by atoms with Gasteiger partial charge >= 0.3 is 0 Å². The number of hydrogen-bond acceptors (Lipinski definition) is 3. The van der Waals surface area contributed by atoms with Crippen LogP contribution in [-0.4, -0.2) is 41.8 Å². The molecule has 0 aromatic rings. The van der Waals surface area contributed by atoms with Crippen LogP contribution >= 0.6 is 0 Å². The van der Waals surface area contributed by atoms with Crippen molar-refractivity contribution in [2.45, 2.75) is 57.6 Å². The second-order valence-corrected chi connectivity index (χ2v) is 7.13. The number of nitrogens with two attached hydrogens (primary N) is 1. The van der Waals surface area contributed by atoms with Gasteiger partial charge < -0.3 is 15.7 Å². The van der Waals surface area contributed by atoms with E-state index in [0.717, 1.165) is 24.2 Å². The zero-order valence-electron chi connectivity index (χ0n) is 12.2. The molecule has 3 N–H and O–H groups in total. The summed E-state index contributed by atoms with van der Waals surface area (Å²) in [6.45, 7) is 5.59. The molecule has 0 spiro atoms. The molecular weight excluding hydrogens is 224 g/mol. The lowest BCUT2D eigenvalue weighted by molar-refractivity contribution is 0.0293. The van der Waals surface area contributed by atoms with E-state index in [4.69, 9.17) is 5.73 Å². The smallest absolute Gasteiger partial charge is 0.0756 e. The lowest BCUT2D eigenvalue weighted by Crippen LogP contribution is -2.43. The lowest BCUT2D eigenvalue weighted by atomic mass is 9.88. The SMILES string of the molecule is CC(CC(C)(O)CN)N(C)CC1CC2CCC1C2. The molecule has 2 rings (SSSR count). The third-order valence-electron chi connectivity index (χ3n) is 5.33. The van der Waals surface area contributed by atoms with Crippen LogP contribution in [0.2, 0.25) is 0 Å². The van der Waals surface area contributed by atoms with Crippen LogP contribution in [0.5, 0.6) is 0 Å².